The average Bonchev–Trinajstić information content (AvgIpc) is 2.70. The first kappa shape index (κ1) is 24.5. The molecule has 3 aromatic carbocycles. The molecule has 0 aliphatic heterocycles. The van der Waals surface area contributed by atoms with Crippen molar-refractivity contribution in [1.82, 2.24) is 0 Å². The van der Waals surface area contributed by atoms with Crippen molar-refractivity contribution in [1.29, 1.82) is 0 Å². The van der Waals surface area contributed by atoms with Crippen LogP contribution in [0.15, 0.2) is 54.6 Å². The third-order valence-electron chi connectivity index (χ3n) is 4.96. The maximum absolute atomic E-state index is 13.3. The molecule has 0 aliphatic rings. The Bertz CT molecular complexity index is 1140. The van der Waals surface area contributed by atoms with Crippen LogP contribution in [-0.4, -0.2) is 7.11 Å². The fourth-order valence-corrected chi connectivity index (χ4v) is 3.45. The fourth-order valence-electron chi connectivity index (χ4n) is 3.45. The first-order chi connectivity index (χ1) is 15.1. The van der Waals surface area contributed by atoms with Crippen molar-refractivity contribution in [3.63, 3.8) is 0 Å². The Balaban J connectivity index is 2.25. The van der Waals surface area contributed by atoms with Gasteiger partial charge < -0.3 is 4.74 Å². The molecule has 0 atom stereocenters. The normalized spacial score (nSPS) is 12.7. The van der Waals surface area contributed by atoms with Gasteiger partial charge in [0.1, 0.15) is 5.75 Å². The van der Waals surface area contributed by atoms with Gasteiger partial charge in [0.25, 0.3) is 0 Å². The number of rotatable bonds is 3. The van der Waals surface area contributed by atoms with Crippen LogP contribution in [0.4, 0.5) is 39.5 Å². The molecule has 10 heteroatoms. The Morgan fingerprint density at radius 1 is 0.576 bits per heavy atom. The summed E-state index contributed by atoms with van der Waals surface area (Å²) in [6, 6.07) is 8.15. The van der Waals surface area contributed by atoms with Crippen LogP contribution < -0.4 is 4.74 Å². The minimum absolute atomic E-state index is 0.0137. The second-order valence-electron chi connectivity index (χ2n) is 7.21. The number of ether oxygens (including phenoxy) is 1. The van der Waals surface area contributed by atoms with E-state index in [1.54, 1.807) is 0 Å². The first-order valence-corrected chi connectivity index (χ1v) is 9.28. The van der Waals surface area contributed by atoms with E-state index in [1.807, 2.05) is 0 Å². The summed E-state index contributed by atoms with van der Waals surface area (Å²) < 4.78 is 124. The maximum atomic E-state index is 13.3. The Morgan fingerprint density at radius 3 is 1.55 bits per heavy atom. The lowest BCUT2D eigenvalue weighted by Gasteiger charge is -2.19. The lowest BCUT2D eigenvalue weighted by molar-refractivity contribution is -0.143. The van der Waals surface area contributed by atoms with Gasteiger partial charge in [0.05, 0.1) is 23.8 Å². The predicted octanol–water partition coefficient (Wildman–Crippen LogP) is 8.39. The van der Waals surface area contributed by atoms with Gasteiger partial charge in [-0.1, -0.05) is 24.3 Å². The Hall–Kier alpha value is -3.17. The molecule has 0 saturated carbocycles. The van der Waals surface area contributed by atoms with Gasteiger partial charge in [-0.3, -0.25) is 0 Å². The number of benzene rings is 3. The largest absolute Gasteiger partial charge is 0.495 e. The summed E-state index contributed by atoms with van der Waals surface area (Å²) in [6.45, 7) is 1.41. The molecule has 0 N–H and O–H groups in total. The summed E-state index contributed by atoms with van der Waals surface area (Å²) in [6.07, 6.45) is -14.7. The van der Waals surface area contributed by atoms with Crippen LogP contribution in [0.25, 0.3) is 22.3 Å². The molecule has 0 spiro atoms. The van der Waals surface area contributed by atoms with E-state index >= 15 is 0 Å². The molecule has 3 rings (SSSR count). The number of hydrogen-bond acceptors (Lipinski definition) is 1. The second-order valence-corrected chi connectivity index (χ2v) is 7.21. The molecule has 0 unspecified atom stereocenters. The summed E-state index contributed by atoms with van der Waals surface area (Å²) in [7, 11) is 1.17. The summed E-state index contributed by atoms with van der Waals surface area (Å²) >= 11 is 0. The number of halogens is 9. The number of methoxy groups -OCH3 is 1. The van der Waals surface area contributed by atoms with Crippen molar-refractivity contribution >= 4 is 0 Å². The van der Waals surface area contributed by atoms with Crippen LogP contribution in [0.3, 0.4) is 0 Å². The van der Waals surface area contributed by atoms with Crippen molar-refractivity contribution in [2.75, 3.05) is 7.11 Å². The van der Waals surface area contributed by atoms with Crippen molar-refractivity contribution in [3.05, 3.63) is 76.9 Å². The summed E-state index contributed by atoms with van der Waals surface area (Å²) in [5.74, 6) is -0.0761. The van der Waals surface area contributed by atoms with Crippen LogP contribution in [0.5, 0.6) is 5.75 Å². The summed E-state index contributed by atoms with van der Waals surface area (Å²) in [4.78, 5) is 0. The molecular formula is C23H15F9O. The van der Waals surface area contributed by atoms with E-state index in [2.05, 4.69) is 0 Å². The minimum atomic E-state index is -5.04. The first-order valence-electron chi connectivity index (χ1n) is 9.28. The smallest absolute Gasteiger partial charge is 0.416 e. The van der Waals surface area contributed by atoms with Gasteiger partial charge in [-0.05, 0) is 53.9 Å². The van der Waals surface area contributed by atoms with E-state index < -0.39 is 40.8 Å². The minimum Gasteiger partial charge on any atom is -0.495 e. The molecule has 0 radical (unpaired) electrons. The molecule has 0 aliphatic carbocycles. The molecule has 0 bridgehead atoms. The van der Waals surface area contributed by atoms with Crippen molar-refractivity contribution < 1.29 is 44.3 Å². The number of hydrogen-bond donors (Lipinski definition) is 0. The van der Waals surface area contributed by atoms with E-state index in [-0.39, 0.29) is 34.1 Å². The Kier molecular flexibility index (Phi) is 6.16. The molecule has 0 fully saturated rings. The highest BCUT2D eigenvalue weighted by molar-refractivity contribution is 5.84. The lowest BCUT2D eigenvalue weighted by Crippen LogP contribution is -2.11. The standard InChI is InChI=1S/C23H15F9O/c1-12-8-14(21(24,25)26)6-7-17(12)19-5-3-4-18(20(19)33-2)13-9-15(22(27,28)29)11-16(10-13)23(30,31)32/h3-11H,1-2H3. The van der Waals surface area contributed by atoms with E-state index in [0.29, 0.717) is 12.1 Å². The van der Waals surface area contributed by atoms with Crippen LogP contribution in [0.2, 0.25) is 0 Å². The van der Waals surface area contributed by atoms with E-state index in [4.69, 9.17) is 4.74 Å². The quantitative estimate of drug-likeness (QED) is 0.344. The zero-order valence-electron chi connectivity index (χ0n) is 17.0. The maximum Gasteiger partial charge on any atom is 0.416 e. The molecule has 1 nitrogen and oxygen atoms in total. The zero-order chi connectivity index (χ0) is 24.8. The second kappa shape index (κ2) is 8.31. The van der Waals surface area contributed by atoms with Crippen LogP contribution in [0.1, 0.15) is 22.3 Å². The zero-order valence-corrected chi connectivity index (χ0v) is 17.0. The van der Waals surface area contributed by atoms with Gasteiger partial charge >= 0.3 is 18.5 Å². The van der Waals surface area contributed by atoms with Gasteiger partial charge in [-0.25, -0.2) is 0 Å². The number of para-hydroxylation sites is 1. The van der Waals surface area contributed by atoms with Gasteiger partial charge in [0.15, 0.2) is 0 Å². The average molecular weight is 478 g/mol. The SMILES string of the molecule is COc1c(-c2cc(C(F)(F)F)cc(C(F)(F)F)c2)cccc1-c1ccc(C(F)(F)F)cc1C. The van der Waals surface area contributed by atoms with Crippen molar-refractivity contribution in [3.8, 4) is 28.0 Å². The van der Waals surface area contributed by atoms with Crippen molar-refractivity contribution in [2.45, 2.75) is 25.5 Å². The van der Waals surface area contributed by atoms with E-state index in [1.165, 1.54) is 38.3 Å². The molecule has 0 heterocycles. The summed E-state index contributed by atoms with van der Waals surface area (Å²) in [5.41, 5.74) is -3.67. The fraction of sp³-hybridized carbons (Fsp3) is 0.217. The summed E-state index contributed by atoms with van der Waals surface area (Å²) in [5, 5.41) is 0. The Morgan fingerprint density at radius 2 is 1.09 bits per heavy atom. The number of aryl methyl sites for hydroxylation is 1. The molecule has 0 amide bonds. The van der Waals surface area contributed by atoms with E-state index in [9.17, 15) is 39.5 Å². The van der Waals surface area contributed by atoms with Gasteiger partial charge in [0.2, 0.25) is 0 Å². The number of alkyl halides is 9. The van der Waals surface area contributed by atoms with E-state index in [0.717, 1.165) is 12.1 Å². The lowest BCUT2D eigenvalue weighted by atomic mass is 9.92. The molecule has 0 saturated heterocycles. The molecule has 3 aromatic rings. The van der Waals surface area contributed by atoms with Crippen LogP contribution >= 0.6 is 0 Å². The predicted molar refractivity (Wildman–Crippen MR) is 104 cm³/mol. The van der Waals surface area contributed by atoms with Gasteiger partial charge in [0, 0.05) is 11.1 Å². The van der Waals surface area contributed by atoms with Crippen LogP contribution in [-0.2, 0) is 18.5 Å². The van der Waals surface area contributed by atoms with Gasteiger partial charge in [-0.2, -0.15) is 39.5 Å². The monoisotopic (exact) mass is 478 g/mol. The Labute approximate surface area is 182 Å². The highest BCUT2D eigenvalue weighted by Crippen LogP contribution is 2.44. The molecule has 0 aromatic heterocycles. The molecule has 176 valence electrons. The molecular weight excluding hydrogens is 463 g/mol. The highest BCUT2D eigenvalue weighted by atomic mass is 19.4. The highest BCUT2D eigenvalue weighted by Gasteiger charge is 2.37. The third-order valence-corrected chi connectivity index (χ3v) is 4.96. The van der Waals surface area contributed by atoms with Gasteiger partial charge in [-0.15, -0.1) is 0 Å². The topological polar surface area (TPSA) is 9.23 Å². The van der Waals surface area contributed by atoms with Crippen molar-refractivity contribution in [2.24, 2.45) is 0 Å². The van der Waals surface area contributed by atoms with Crippen LogP contribution in [0, 0.1) is 6.92 Å². The third kappa shape index (κ3) is 5.09. The molecule has 33 heavy (non-hydrogen) atoms.